The fraction of sp³-hybridized carbons (Fsp3) is 0.583. The van der Waals surface area contributed by atoms with Crippen LogP contribution in [0.1, 0.15) is 32.6 Å². The second kappa shape index (κ2) is 5.95. The van der Waals surface area contributed by atoms with E-state index < -0.39 is 17.7 Å². The van der Waals surface area contributed by atoms with Crippen LogP contribution in [0.15, 0.2) is 12.3 Å². The minimum absolute atomic E-state index is 0.0647. The van der Waals surface area contributed by atoms with Gasteiger partial charge in [0.25, 0.3) is 0 Å². The summed E-state index contributed by atoms with van der Waals surface area (Å²) in [7, 11) is 0. The zero-order valence-electron chi connectivity index (χ0n) is 11.0. The van der Waals surface area contributed by atoms with Gasteiger partial charge in [-0.3, -0.25) is 4.79 Å². The molecule has 1 heterocycles. The van der Waals surface area contributed by atoms with Crippen molar-refractivity contribution in [3.63, 3.8) is 0 Å². The molecule has 1 rings (SSSR count). The van der Waals surface area contributed by atoms with Crippen molar-refractivity contribution in [3.05, 3.63) is 17.1 Å². The first-order valence-corrected chi connectivity index (χ1v) is 6.47. The van der Waals surface area contributed by atoms with Crippen molar-refractivity contribution in [2.75, 3.05) is 0 Å². The summed E-state index contributed by atoms with van der Waals surface area (Å²) in [6.07, 6.45) is 1.36. The van der Waals surface area contributed by atoms with Crippen LogP contribution in [0, 0.1) is 0 Å². The highest BCUT2D eigenvalue weighted by atomic mass is 32.1. The molecule has 5 nitrogen and oxygen atoms in total. The average Bonchev–Trinajstić information content (AvgIpc) is 2.66. The molecule has 0 radical (unpaired) electrons. The molecule has 0 aliphatic rings. The first-order chi connectivity index (χ1) is 8.28. The van der Waals surface area contributed by atoms with Crippen molar-refractivity contribution in [1.82, 2.24) is 9.69 Å². The normalized spacial score (nSPS) is 12.9. The van der Waals surface area contributed by atoms with Crippen LogP contribution in [0.2, 0.25) is 0 Å². The van der Waals surface area contributed by atoms with Crippen molar-refractivity contribution in [3.8, 4) is 0 Å². The van der Waals surface area contributed by atoms with E-state index in [1.807, 2.05) is 0 Å². The number of amides is 1. The lowest BCUT2D eigenvalue weighted by molar-refractivity contribution is -0.120. The number of alkyl carbamates (subject to hydrolysis) is 1. The minimum Gasteiger partial charge on any atom is -0.444 e. The zero-order valence-corrected chi connectivity index (χ0v) is 11.8. The fourth-order valence-corrected chi connectivity index (χ4v) is 1.81. The number of nitrogens with one attached hydrogen (secondary N) is 1. The van der Waals surface area contributed by atoms with Gasteiger partial charge < -0.3 is 10.1 Å². The zero-order chi connectivity index (χ0) is 13.8. The molecule has 0 fully saturated rings. The van der Waals surface area contributed by atoms with E-state index in [-0.39, 0.29) is 12.2 Å². The summed E-state index contributed by atoms with van der Waals surface area (Å²) >= 11 is 1.28. The molecule has 1 aromatic rings. The monoisotopic (exact) mass is 270 g/mol. The van der Waals surface area contributed by atoms with Crippen LogP contribution in [0.3, 0.4) is 0 Å². The Kier molecular flexibility index (Phi) is 4.84. The van der Waals surface area contributed by atoms with Crippen molar-refractivity contribution < 1.29 is 14.3 Å². The summed E-state index contributed by atoms with van der Waals surface area (Å²) in [6, 6.07) is 1.23. The third-order valence-electron chi connectivity index (χ3n) is 2.06. The van der Waals surface area contributed by atoms with Gasteiger partial charge >= 0.3 is 6.09 Å². The standard InChI is InChI=1S/C12H18N2O3S/c1-8(14-11(16)17-12(2,3)4)10(15)7-9-5-6-13-18-9/h5-6,8H,7H2,1-4H3,(H,14,16). The van der Waals surface area contributed by atoms with Gasteiger partial charge in [-0.15, -0.1) is 0 Å². The largest absolute Gasteiger partial charge is 0.444 e. The van der Waals surface area contributed by atoms with Gasteiger partial charge in [0, 0.05) is 17.5 Å². The van der Waals surface area contributed by atoms with Crippen molar-refractivity contribution in [2.45, 2.75) is 45.8 Å². The summed E-state index contributed by atoms with van der Waals surface area (Å²) < 4.78 is 9.00. The molecule has 6 heteroatoms. The highest BCUT2D eigenvalue weighted by Gasteiger charge is 2.21. The van der Waals surface area contributed by atoms with Gasteiger partial charge in [0.2, 0.25) is 0 Å². The van der Waals surface area contributed by atoms with Crippen molar-refractivity contribution >= 4 is 23.4 Å². The third kappa shape index (κ3) is 5.27. The molecule has 0 aliphatic heterocycles. The first kappa shape index (κ1) is 14.6. The highest BCUT2D eigenvalue weighted by molar-refractivity contribution is 7.05. The predicted octanol–water partition coefficient (Wildman–Crippen LogP) is 2.17. The van der Waals surface area contributed by atoms with Gasteiger partial charge in [0.1, 0.15) is 5.60 Å². The summed E-state index contributed by atoms with van der Waals surface area (Å²) in [5.74, 6) is -0.0647. The van der Waals surface area contributed by atoms with Gasteiger partial charge in [-0.25, -0.2) is 9.17 Å². The number of carbonyl (C=O) groups is 2. The molecule has 1 aromatic heterocycles. The third-order valence-corrected chi connectivity index (χ3v) is 2.80. The molecule has 100 valence electrons. The van der Waals surface area contributed by atoms with Crippen molar-refractivity contribution in [1.29, 1.82) is 0 Å². The predicted molar refractivity (Wildman–Crippen MR) is 69.7 cm³/mol. The molecule has 1 N–H and O–H groups in total. The molecule has 0 aromatic carbocycles. The second-order valence-corrected chi connectivity index (χ2v) is 5.91. The maximum atomic E-state index is 11.8. The van der Waals surface area contributed by atoms with Gasteiger partial charge in [-0.2, -0.15) is 0 Å². The number of hydrogen-bond donors (Lipinski definition) is 1. The van der Waals surface area contributed by atoms with Crippen LogP contribution >= 0.6 is 11.5 Å². The fourth-order valence-electron chi connectivity index (χ4n) is 1.22. The number of Topliss-reactive ketones (excluding diaryl/α,β-unsaturated/α-hetero) is 1. The van der Waals surface area contributed by atoms with E-state index in [0.29, 0.717) is 0 Å². The summed E-state index contributed by atoms with van der Waals surface area (Å²) in [5, 5.41) is 2.52. The summed E-state index contributed by atoms with van der Waals surface area (Å²) in [6.45, 7) is 6.97. The lowest BCUT2D eigenvalue weighted by atomic mass is 10.1. The minimum atomic E-state index is -0.576. The second-order valence-electron chi connectivity index (χ2n) is 4.99. The van der Waals surface area contributed by atoms with E-state index in [1.165, 1.54) is 11.5 Å². The van der Waals surface area contributed by atoms with E-state index >= 15 is 0 Å². The Hall–Kier alpha value is -1.43. The number of aromatic nitrogens is 1. The Labute approximate surface area is 111 Å². The van der Waals surface area contributed by atoms with E-state index in [0.717, 1.165) is 4.88 Å². The van der Waals surface area contributed by atoms with Crippen LogP contribution in [-0.2, 0) is 16.0 Å². The topological polar surface area (TPSA) is 68.3 Å². The molecular weight excluding hydrogens is 252 g/mol. The van der Waals surface area contributed by atoms with E-state index in [4.69, 9.17) is 4.74 Å². The quantitative estimate of drug-likeness (QED) is 0.910. The van der Waals surface area contributed by atoms with Crippen LogP contribution in [-0.4, -0.2) is 27.9 Å². The number of nitrogens with zero attached hydrogens (tertiary/aromatic N) is 1. The number of ether oxygens (including phenoxy) is 1. The molecule has 0 bridgehead atoms. The Morgan fingerprint density at radius 2 is 2.17 bits per heavy atom. The smallest absolute Gasteiger partial charge is 0.408 e. The van der Waals surface area contributed by atoms with Gasteiger partial charge in [-0.05, 0) is 45.3 Å². The molecule has 18 heavy (non-hydrogen) atoms. The number of ketones is 1. The number of hydrogen-bond acceptors (Lipinski definition) is 5. The average molecular weight is 270 g/mol. The van der Waals surface area contributed by atoms with E-state index in [2.05, 4.69) is 9.69 Å². The Morgan fingerprint density at radius 1 is 1.50 bits per heavy atom. The maximum Gasteiger partial charge on any atom is 0.408 e. The first-order valence-electron chi connectivity index (χ1n) is 5.70. The van der Waals surface area contributed by atoms with Crippen LogP contribution in [0.25, 0.3) is 0 Å². The van der Waals surface area contributed by atoms with Gasteiger partial charge in [0.05, 0.1) is 6.04 Å². The molecular formula is C12H18N2O3S. The Morgan fingerprint density at radius 3 is 2.67 bits per heavy atom. The molecule has 0 spiro atoms. The molecule has 0 aliphatic carbocycles. The highest BCUT2D eigenvalue weighted by Crippen LogP contribution is 2.09. The SMILES string of the molecule is CC(NC(=O)OC(C)(C)C)C(=O)Cc1ccns1. The molecule has 0 saturated carbocycles. The number of carbonyl (C=O) groups excluding carboxylic acids is 2. The maximum absolute atomic E-state index is 11.8. The van der Waals surface area contributed by atoms with E-state index in [9.17, 15) is 9.59 Å². The lowest BCUT2D eigenvalue weighted by Crippen LogP contribution is -2.42. The van der Waals surface area contributed by atoms with Gasteiger partial charge in [-0.1, -0.05) is 0 Å². The Balaban J connectivity index is 2.42. The van der Waals surface area contributed by atoms with Crippen LogP contribution in [0.5, 0.6) is 0 Å². The summed E-state index contributed by atoms with van der Waals surface area (Å²) in [5.41, 5.74) is -0.565. The molecule has 1 amide bonds. The molecule has 1 atom stereocenters. The Bertz CT molecular complexity index is 409. The molecule has 0 saturated heterocycles. The van der Waals surface area contributed by atoms with Crippen LogP contribution in [0.4, 0.5) is 4.79 Å². The van der Waals surface area contributed by atoms with Gasteiger partial charge in [0.15, 0.2) is 5.78 Å². The van der Waals surface area contributed by atoms with Crippen molar-refractivity contribution in [2.24, 2.45) is 0 Å². The van der Waals surface area contributed by atoms with E-state index in [1.54, 1.807) is 40.0 Å². The van der Waals surface area contributed by atoms with Crippen LogP contribution < -0.4 is 5.32 Å². The lowest BCUT2D eigenvalue weighted by Gasteiger charge is -2.21. The number of rotatable bonds is 4. The summed E-state index contributed by atoms with van der Waals surface area (Å²) in [4.78, 5) is 24.2. The molecule has 1 unspecified atom stereocenters.